The zero-order valence-corrected chi connectivity index (χ0v) is 21.5. The second-order valence-electron chi connectivity index (χ2n) is 7.80. The summed E-state index contributed by atoms with van der Waals surface area (Å²) in [7, 11) is 3.20. The maximum Gasteiger partial charge on any atom is 0.264 e. The second kappa shape index (κ2) is 11.8. The van der Waals surface area contributed by atoms with Crippen molar-refractivity contribution < 1.29 is 19.0 Å². The van der Waals surface area contributed by atoms with Crippen molar-refractivity contribution in [3.8, 4) is 17.2 Å². The minimum atomic E-state index is -0.209. The summed E-state index contributed by atoms with van der Waals surface area (Å²) >= 11 is 7.26. The maximum absolute atomic E-state index is 12.6. The summed E-state index contributed by atoms with van der Waals surface area (Å²) in [6.45, 7) is 4.23. The molecule has 6 nitrogen and oxygen atoms in total. The largest absolute Gasteiger partial charge is 0.497 e. The lowest BCUT2D eigenvalue weighted by molar-refractivity contribution is -0.115. The van der Waals surface area contributed by atoms with Crippen LogP contribution in [0.25, 0.3) is 6.08 Å². The van der Waals surface area contributed by atoms with Gasteiger partial charge in [-0.25, -0.2) is 4.99 Å². The number of carbonyl (C=O) groups is 1. The zero-order chi connectivity index (χ0) is 25.5. The van der Waals surface area contributed by atoms with Gasteiger partial charge in [0.05, 0.1) is 24.8 Å². The number of nitrogens with one attached hydrogen (secondary N) is 1. The molecule has 0 radical (unpaired) electrons. The molecule has 0 saturated carbocycles. The van der Waals surface area contributed by atoms with E-state index < -0.39 is 0 Å². The van der Waals surface area contributed by atoms with Gasteiger partial charge in [0.2, 0.25) is 0 Å². The van der Waals surface area contributed by atoms with Crippen molar-refractivity contribution in [2.45, 2.75) is 13.0 Å². The molecule has 1 fully saturated rings. The number of rotatable bonds is 9. The van der Waals surface area contributed by atoms with E-state index in [1.165, 1.54) is 11.8 Å². The van der Waals surface area contributed by atoms with E-state index in [0.29, 0.717) is 39.6 Å². The average Bonchev–Trinajstić information content (AvgIpc) is 3.22. The first kappa shape index (κ1) is 25.4. The molecule has 0 aromatic heterocycles. The van der Waals surface area contributed by atoms with Crippen molar-refractivity contribution in [2.75, 3.05) is 14.2 Å². The quantitative estimate of drug-likeness (QED) is 0.256. The van der Waals surface area contributed by atoms with Crippen molar-refractivity contribution in [2.24, 2.45) is 4.99 Å². The fraction of sp³-hybridized carbons (Fsp3) is 0.143. The normalized spacial score (nSPS) is 15.1. The summed E-state index contributed by atoms with van der Waals surface area (Å²) in [5, 5.41) is 4.00. The van der Waals surface area contributed by atoms with E-state index >= 15 is 0 Å². The highest BCUT2D eigenvalue weighted by Crippen LogP contribution is 2.36. The van der Waals surface area contributed by atoms with E-state index in [4.69, 9.17) is 25.8 Å². The van der Waals surface area contributed by atoms with Crippen LogP contribution >= 0.6 is 23.4 Å². The number of methoxy groups -OCH3 is 2. The molecule has 3 aromatic rings. The molecule has 1 aliphatic rings. The monoisotopic (exact) mass is 520 g/mol. The van der Waals surface area contributed by atoms with E-state index in [-0.39, 0.29) is 5.91 Å². The summed E-state index contributed by atoms with van der Waals surface area (Å²) < 4.78 is 16.9. The first-order valence-corrected chi connectivity index (χ1v) is 12.3. The molecule has 3 aromatic carbocycles. The SMILES string of the molecule is C=CCc1cc(/C=C2/SC(=Nc3ccc(OC)cc3)NC2=O)cc(OC)c1OCc1ccc(Cl)cc1. The van der Waals surface area contributed by atoms with Gasteiger partial charge < -0.3 is 19.5 Å². The molecule has 0 bridgehead atoms. The van der Waals surface area contributed by atoms with Crippen LogP contribution in [-0.4, -0.2) is 25.3 Å². The van der Waals surface area contributed by atoms with E-state index in [1.807, 2.05) is 66.7 Å². The molecule has 1 amide bonds. The number of carbonyl (C=O) groups excluding carboxylic acids is 1. The van der Waals surface area contributed by atoms with E-state index in [2.05, 4.69) is 16.9 Å². The van der Waals surface area contributed by atoms with E-state index in [9.17, 15) is 4.79 Å². The summed E-state index contributed by atoms with van der Waals surface area (Å²) in [6, 6.07) is 18.6. The Kier molecular flexibility index (Phi) is 8.36. The standard InChI is InChI=1S/C28H25ClN2O4S/c1-4-5-20-14-19(15-24(34-3)26(20)35-17-18-6-8-21(29)9-7-18)16-25-27(32)31-28(36-25)30-22-10-12-23(33-2)13-11-22/h4,6-16H,1,5,17H2,2-3H3,(H,30,31,32)/b25-16+. The Balaban J connectivity index is 1.57. The van der Waals surface area contributed by atoms with Crippen molar-refractivity contribution in [1.82, 2.24) is 5.32 Å². The van der Waals surface area contributed by atoms with Crippen LogP contribution in [0.15, 0.2) is 83.2 Å². The van der Waals surface area contributed by atoms with E-state index in [1.54, 1.807) is 20.3 Å². The van der Waals surface area contributed by atoms with Gasteiger partial charge >= 0.3 is 0 Å². The number of hydrogen-bond acceptors (Lipinski definition) is 6. The number of ether oxygens (including phenoxy) is 3. The second-order valence-corrected chi connectivity index (χ2v) is 9.27. The van der Waals surface area contributed by atoms with Gasteiger partial charge in [-0.1, -0.05) is 29.8 Å². The number of hydrogen-bond donors (Lipinski definition) is 1. The number of thioether (sulfide) groups is 1. The molecule has 8 heteroatoms. The van der Waals surface area contributed by atoms with Gasteiger partial charge in [-0.3, -0.25) is 4.79 Å². The van der Waals surface area contributed by atoms with Crippen LogP contribution in [0.2, 0.25) is 5.02 Å². The number of allylic oxidation sites excluding steroid dienone is 1. The highest BCUT2D eigenvalue weighted by Gasteiger charge is 2.24. The first-order valence-electron chi connectivity index (χ1n) is 11.1. The van der Waals surface area contributed by atoms with Crippen molar-refractivity contribution in [1.29, 1.82) is 0 Å². The Morgan fingerprint density at radius 2 is 1.81 bits per heavy atom. The van der Waals surface area contributed by atoms with Gasteiger partial charge in [0, 0.05) is 10.6 Å². The van der Waals surface area contributed by atoms with Crippen LogP contribution < -0.4 is 19.5 Å². The molecule has 1 saturated heterocycles. The topological polar surface area (TPSA) is 69.2 Å². The summed E-state index contributed by atoms with van der Waals surface area (Å²) in [6.07, 6.45) is 4.19. The van der Waals surface area contributed by atoms with Crippen LogP contribution in [0.4, 0.5) is 5.69 Å². The van der Waals surface area contributed by atoms with E-state index in [0.717, 1.165) is 28.1 Å². The molecule has 1 aliphatic heterocycles. The predicted octanol–water partition coefficient (Wildman–Crippen LogP) is 6.56. The first-order chi connectivity index (χ1) is 17.5. The predicted molar refractivity (Wildman–Crippen MR) is 146 cm³/mol. The maximum atomic E-state index is 12.6. The smallest absolute Gasteiger partial charge is 0.264 e. The third-order valence-corrected chi connectivity index (χ3v) is 6.45. The van der Waals surface area contributed by atoms with Crippen molar-refractivity contribution in [3.05, 3.63) is 99.9 Å². The fourth-order valence-electron chi connectivity index (χ4n) is 3.53. The minimum Gasteiger partial charge on any atom is -0.497 e. The molecule has 4 rings (SSSR count). The molecule has 1 heterocycles. The molecule has 0 aliphatic carbocycles. The van der Waals surface area contributed by atoms with Crippen LogP contribution in [0.1, 0.15) is 16.7 Å². The van der Waals surface area contributed by atoms with Crippen molar-refractivity contribution in [3.63, 3.8) is 0 Å². The lowest BCUT2D eigenvalue weighted by atomic mass is 10.0. The molecule has 0 unspecified atom stereocenters. The Hall–Kier alpha value is -3.68. The number of aliphatic imine (C=N–C) groups is 1. The molecule has 36 heavy (non-hydrogen) atoms. The molecule has 184 valence electrons. The van der Waals surface area contributed by atoms with Gasteiger partial charge in [0.15, 0.2) is 16.7 Å². The van der Waals surface area contributed by atoms with Gasteiger partial charge in [0.25, 0.3) is 5.91 Å². The van der Waals surface area contributed by atoms with Crippen LogP contribution in [-0.2, 0) is 17.8 Å². The number of amides is 1. The molecule has 1 N–H and O–H groups in total. The summed E-state index contributed by atoms with van der Waals surface area (Å²) in [5.74, 6) is 1.75. The van der Waals surface area contributed by atoms with Gasteiger partial charge in [-0.2, -0.15) is 0 Å². The number of benzene rings is 3. The molecule has 0 atom stereocenters. The van der Waals surface area contributed by atoms with Crippen LogP contribution in [0, 0.1) is 0 Å². The summed E-state index contributed by atoms with van der Waals surface area (Å²) in [5.41, 5.74) is 3.42. The molecule has 0 spiro atoms. The zero-order valence-electron chi connectivity index (χ0n) is 19.9. The van der Waals surface area contributed by atoms with Crippen LogP contribution in [0.5, 0.6) is 17.2 Å². The van der Waals surface area contributed by atoms with Crippen molar-refractivity contribution >= 4 is 46.2 Å². The molecular formula is C28H25ClN2O4S. The number of amidine groups is 1. The number of halogens is 1. The van der Waals surface area contributed by atoms with Gasteiger partial charge in [-0.15, -0.1) is 6.58 Å². The third kappa shape index (κ3) is 6.30. The minimum absolute atomic E-state index is 0.209. The average molecular weight is 521 g/mol. The van der Waals surface area contributed by atoms with Gasteiger partial charge in [0.1, 0.15) is 12.4 Å². The summed E-state index contributed by atoms with van der Waals surface area (Å²) in [4.78, 5) is 17.7. The Morgan fingerprint density at radius 1 is 1.06 bits per heavy atom. The van der Waals surface area contributed by atoms with Gasteiger partial charge in [-0.05, 0) is 83.9 Å². The Bertz CT molecular complexity index is 1320. The molecular weight excluding hydrogens is 496 g/mol. The lowest BCUT2D eigenvalue weighted by Gasteiger charge is -2.16. The number of nitrogens with zero attached hydrogens (tertiary/aromatic N) is 1. The third-order valence-electron chi connectivity index (χ3n) is 5.29. The highest BCUT2D eigenvalue weighted by molar-refractivity contribution is 8.18. The Labute approximate surface area is 219 Å². The highest BCUT2D eigenvalue weighted by atomic mass is 35.5. The van der Waals surface area contributed by atoms with Crippen LogP contribution in [0.3, 0.4) is 0 Å². The Morgan fingerprint density at radius 3 is 2.47 bits per heavy atom. The fourth-order valence-corrected chi connectivity index (χ4v) is 4.50. The lowest BCUT2D eigenvalue weighted by Crippen LogP contribution is -2.19.